The highest BCUT2D eigenvalue weighted by atomic mass is 14.1. The van der Waals surface area contributed by atoms with Gasteiger partial charge in [0.1, 0.15) is 0 Å². The van der Waals surface area contributed by atoms with Crippen LogP contribution in [0.2, 0.25) is 0 Å². The van der Waals surface area contributed by atoms with Crippen LogP contribution in [-0.4, -0.2) is 0 Å². The first-order valence-electron chi connectivity index (χ1n) is 6.65. The van der Waals surface area contributed by atoms with Gasteiger partial charge in [0.25, 0.3) is 0 Å². The fraction of sp³-hybridized carbons (Fsp3) is 0. The molecule has 0 aromatic heterocycles. The van der Waals surface area contributed by atoms with E-state index in [1.165, 1.54) is 32.3 Å². The molecule has 0 aliphatic carbocycles. The third kappa shape index (κ3) is 1.12. The molecule has 4 rings (SSSR count). The van der Waals surface area contributed by atoms with E-state index in [9.17, 15) is 0 Å². The Bertz CT molecular complexity index is 1010. The molecule has 0 fully saturated rings. The molecule has 0 amide bonds. The largest absolute Gasteiger partial charge is 0.0905 e. The molecule has 0 nitrogen and oxygen atoms in total. The third-order valence-electron chi connectivity index (χ3n) is 4.41. The van der Waals surface area contributed by atoms with Gasteiger partial charge in [-0.2, -0.15) is 0 Å². The first-order chi connectivity index (χ1) is 9.61. The van der Waals surface area contributed by atoms with Crippen molar-refractivity contribution in [1.29, 1.82) is 0 Å². The predicted octanol–water partition coefficient (Wildman–Crippen LogP) is 2.23. The van der Waals surface area contributed by atoms with E-state index in [1.54, 1.807) is 0 Å². The Kier molecular flexibility index (Phi) is 1.96. The first kappa shape index (κ1) is 11.2. The summed E-state index contributed by atoms with van der Waals surface area (Å²) in [7, 11) is 0. The summed E-state index contributed by atoms with van der Waals surface area (Å²) in [6.45, 7) is 16.9. The van der Waals surface area contributed by atoms with Crippen LogP contribution in [0.15, 0.2) is 36.4 Å². The maximum atomic E-state index is 4.22. The van der Waals surface area contributed by atoms with Gasteiger partial charge in [0.15, 0.2) is 0 Å². The normalized spacial score (nSPS) is 11.8. The van der Waals surface area contributed by atoms with E-state index in [4.69, 9.17) is 0 Å². The molecule has 0 aliphatic heterocycles. The minimum absolute atomic E-state index is 1.01. The molecule has 0 aliphatic rings. The second kappa shape index (κ2) is 3.49. The summed E-state index contributed by atoms with van der Waals surface area (Å²) in [5.41, 5.74) is 0. The lowest BCUT2D eigenvalue weighted by molar-refractivity contribution is 1.63. The van der Waals surface area contributed by atoms with Crippen LogP contribution in [0.25, 0.3) is 58.6 Å². The molecule has 4 aromatic rings. The Morgan fingerprint density at radius 3 is 0.950 bits per heavy atom. The fourth-order valence-electron chi connectivity index (χ4n) is 3.30. The van der Waals surface area contributed by atoms with Gasteiger partial charge in [-0.15, -0.1) is 0 Å². The van der Waals surface area contributed by atoms with Crippen molar-refractivity contribution in [3.63, 3.8) is 0 Å². The van der Waals surface area contributed by atoms with Crippen molar-refractivity contribution in [1.82, 2.24) is 0 Å². The lowest BCUT2D eigenvalue weighted by Crippen LogP contribution is -2.28. The predicted molar refractivity (Wildman–Crippen MR) is 90.7 cm³/mol. The maximum absolute atomic E-state index is 4.22. The van der Waals surface area contributed by atoms with Crippen molar-refractivity contribution in [3.05, 3.63) is 57.3 Å². The van der Waals surface area contributed by atoms with Crippen LogP contribution in [0.4, 0.5) is 0 Å². The zero-order valence-electron chi connectivity index (χ0n) is 11.3. The van der Waals surface area contributed by atoms with E-state index in [0.29, 0.717) is 0 Å². The van der Waals surface area contributed by atoms with Crippen LogP contribution < -0.4 is 20.9 Å². The second-order valence-corrected chi connectivity index (χ2v) is 5.37. The quantitative estimate of drug-likeness (QED) is 0.422. The SMILES string of the molecule is C=c1c(=C)c2cccc3c(=C)c(=C)c4cccc1c4c23. The van der Waals surface area contributed by atoms with Crippen molar-refractivity contribution in [2.75, 3.05) is 0 Å². The van der Waals surface area contributed by atoms with Gasteiger partial charge in [0.2, 0.25) is 0 Å². The summed E-state index contributed by atoms with van der Waals surface area (Å²) in [4.78, 5) is 0. The highest BCUT2D eigenvalue weighted by Gasteiger charge is 2.11. The van der Waals surface area contributed by atoms with Gasteiger partial charge in [-0.25, -0.2) is 0 Å². The topological polar surface area (TPSA) is 0 Å². The lowest BCUT2D eigenvalue weighted by Gasteiger charge is -2.13. The Morgan fingerprint density at radius 2 is 0.700 bits per heavy atom. The molecule has 0 heteroatoms. The monoisotopic (exact) mass is 254 g/mol. The molecule has 4 aromatic carbocycles. The van der Waals surface area contributed by atoms with Crippen molar-refractivity contribution in [2.45, 2.75) is 0 Å². The molecule has 0 spiro atoms. The third-order valence-corrected chi connectivity index (χ3v) is 4.41. The molecule has 0 saturated carbocycles. The van der Waals surface area contributed by atoms with Crippen molar-refractivity contribution >= 4 is 58.6 Å². The van der Waals surface area contributed by atoms with Crippen LogP contribution >= 0.6 is 0 Å². The first-order valence-corrected chi connectivity index (χ1v) is 6.65. The molecule has 0 heterocycles. The van der Waals surface area contributed by atoms with E-state index < -0.39 is 0 Å². The molecule has 0 N–H and O–H groups in total. The highest BCUT2D eigenvalue weighted by Crippen LogP contribution is 2.26. The number of benzene rings is 4. The summed E-state index contributed by atoms with van der Waals surface area (Å²) >= 11 is 0. The summed E-state index contributed by atoms with van der Waals surface area (Å²) < 4.78 is 0. The van der Waals surface area contributed by atoms with Crippen LogP contribution in [0.5, 0.6) is 0 Å². The summed E-state index contributed by atoms with van der Waals surface area (Å²) in [5, 5.41) is 11.2. The standard InChI is InChI=1S/C20H14/c1-11-12(2)16-8-6-10-18-14(4)13(3)17-9-5-7-15(11)19(17)20(16)18/h5-10H,1-4H2. The lowest BCUT2D eigenvalue weighted by atomic mass is 9.90. The van der Waals surface area contributed by atoms with Gasteiger partial charge in [-0.1, -0.05) is 62.7 Å². The number of hydrogen-bond donors (Lipinski definition) is 0. The van der Waals surface area contributed by atoms with E-state index in [0.717, 1.165) is 20.9 Å². The van der Waals surface area contributed by atoms with Crippen molar-refractivity contribution < 1.29 is 0 Å². The minimum atomic E-state index is 1.01. The van der Waals surface area contributed by atoms with Crippen LogP contribution in [-0.2, 0) is 0 Å². The number of hydrogen-bond acceptors (Lipinski definition) is 0. The maximum Gasteiger partial charge on any atom is -0.00143 e. The fourth-order valence-corrected chi connectivity index (χ4v) is 3.30. The Labute approximate surface area is 116 Å². The summed E-state index contributed by atoms with van der Waals surface area (Å²) in [6.07, 6.45) is 0. The van der Waals surface area contributed by atoms with E-state index in [2.05, 4.69) is 62.7 Å². The Morgan fingerprint density at radius 1 is 0.450 bits per heavy atom. The number of rotatable bonds is 0. The molecular formula is C20H14. The van der Waals surface area contributed by atoms with Crippen LogP contribution in [0.1, 0.15) is 0 Å². The minimum Gasteiger partial charge on any atom is -0.0905 e. The summed E-state index contributed by atoms with van der Waals surface area (Å²) in [5.74, 6) is 0. The molecule has 0 atom stereocenters. The van der Waals surface area contributed by atoms with Gasteiger partial charge >= 0.3 is 0 Å². The molecule has 0 saturated heterocycles. The Hall–Kier alpha value is -2.60. The summed E-state index contributed by atoms with van der Waals surface area (Å²) in [6, 6.07) is 12.6. The van der Waals surface area contributed by atoms with E-state index in [-0.39, 0.29) is 0 Å². The Balaban J connectivity index is 2.71. The zero-order chi connectivity index (χ0) is 14.0. The van der Waals surface area contributed by atoms with Gasteiger partial charge in [-0.3, -0.25) is 0 Å². The molecule has 94 valence electrons. The van der Waals surface area contributed by atoms with Crippen molar-refractivity contribution in [3.8, 4) is 0 Å². The molecule has 0 bridgehead atoms. The molecule has 0 unspecified atom stereocenters. The molecule has 0 radical (unpaired) electrons. The average molecular weight is 254 g/mol. The highest BCUT2D eigenvalue weighted by molar-refractivity contribution is 6.23. The molecule has 20 heavy (non-hydrogen) atoms. The average Bonchev–Trinajstić information content (AvgIpc) is 2.48. The van der Waals surface area contributed by atoms with Gasteiger partial charge < -0.3 is 0 Å². The van der Waals surface area contributed by atoms with Crippen LogP contribution in [0, 0.1) is 0 Å². The smallest absolute Gasteiger partial charge is 0.00143 e. The zero-order valence-corrected chi connectivity index (χ0v) is 11.3. The van der Waals surface area contributed by atoms with Gasteiger partial charge in [-0.05, 0) is 53.2 Å². The van der Waals surface area contributed by atoms with E-state index in [1.807, 2.05) is 0 Å². The second-order valence-electron chi connectivity index (χ2n) is 5.37. The van der Waals surface area contributed by atoms with Gasteiger partial charge in [0, 0.05) is 0 Å². The van der Waals surface area contributed by atoms with Crippen molar-refractivity contribution in [2.24, 2.45) is 0 Å². The van der Waals surface area contributed by atoms with Gasteiger partial charge in [0.05, 0.1) is 0 Å². The van der Waals surface area contributed by atoms with Crippen LogP contribution in [0.3, 0.4) is 0 Å². The molecular weight excluding hydrogens is 240 g/mol. The van der Waals surface area contributed by atoms with E-state index >= 15 is 0 Å².